The first-order valence-corrected chi connectivity index (χ1v) is 14.4. The fraction of sp³-hybridized carbons (Fsp3) is 0.375. The molecule has 2 aliphatic rings. The molecule has 3 aromatic rings. The minimum absolute atomic E-state index is 0.0958. The molecule has 214 valence electrons. The number of quaternary nitrogens is 1. The minimum atomic E-state index is -0.0958. The Morgan fingerprint density at radius 3 is 2.66 bits per heavy atom. The summed E-state index contributed by atoms with van der Waals surface area (Å²) in [4.78, 5) is 24.7. The number of piperidine rings is 1. The van der Waals surface area contributed by atoms with Crippen molar-refractivity contribution in [3.63, 3.8) is 0 Å². The Balaban J connectivity index is 1.36. The molecule has 2 aromatic carbocycles. The molecular weight excluding hydrogens is 514 g/mol. The first-order chi connectivity index (χ1) is 19.9. The molecule has 1 aliphatic carbocycles. The monoisotopic (exact) mass is 554 g/mol. The maximum Gasteiger partial charge on any atom is 0.251 e. The zero-order chi connectivity index (χ0) is 28.8. The van der Waals surface area contributed by atoms with Crippen LogP contribution in [0.5, 0.6) is 5.75 Å². The maximum absolute atomic E-state index is 12.9. The van der Waals surface area contributed by atoms with Gasteiger partial charge < -0.3 is 31.0 Å². The molecule has 0 atom stereocenters. The fourth-order valence-corrected chi connectivity index (χ4v) is 5.56. The van der Waals surface area contributed by atoms with E-state index in [0.717, 1.165) is 67.7 Å². The Morgan fingerprint density at radius 1 is 1.15 bits per heavy atom. The molecule has 41 heavy (non-hydrogen) atoms. The highest BCUT2D eigenvalue weighted by Gasteiger charge is 2.27. The van der Waals surface area contributed by atoms with E-state index in [1.165, 1.54) is 5.56 Å². The number of benzene rings is 2. The van der Waals surface area contributed by atoms with Crippen LogP contribution >= 0.6 is 0 Å². The molecule has 0 bridgehead atoms. The van der Waals surface area contributed by atoms with Crippen LogP contribution in [-0.2, 0) is 12.8 Å². The summed E-state index contributed by atoms with van der Waals surface area (Å²) in [6, 6.07) is 16.0. The number of carbonyl (C=O) groups is 1. The van der Waals surface area contributed by atoms with Gasteiger partial charge in [-0.05, 0) is 81.6 Å². The normalized spacial score (nSPS) is 17.1. The molecule has 5 rings (SSSR count). The van der Waals surface area contributed by atoms with Crippen molar-refractivity contribution in [3.05, 3.63) is 82.8 Å². The first kappa shape index (κ1) is 28.4. The number of fused-ring (bicyclic) bond motifs is 1. The number of nitrogens with zero attached hydrogens (tertiary/aromatic N) is 3. The van der Waals surface area contributed by atoms with Gasteiger partial charge in [-0.3, -0.25) is 4.79 Å². The van der Waals surface area contributed by atoms with Crippen molar-refractivity contribution in [1.82, 2.24) is 20.2 Å². The van der Waals surface area contributed by atoms with Crippen molar-refractivity contribution >= 4 is 28.8 Å². The van der Waals surface area contributed by atoms with Gasteiger partial charge in [0.15, 0.2) is 0 Å². The molecule has 2 heterocycles. The smallest absolute Gasteiger partial charge is 0.251 e. The Labute approximate surface area is 241 Å². The second-order valence-electron chi connectivity index (χ2n) is 10.8. The number of hydrogen-bond donors (Lipinski definition) is 4. The van der Waals surface area contributed by atoms with Gasteiger partial charge in [0.05, 0.1) is 31.1 Å². The van der Waals surface area contributed by atoms with Crippen molar-refractivity contribution in [2.24, 2.45) is 0 Å². The lowest BCUT2D eigenvalue weighted by Gasteiger charge is -2.29. The van der Waals surface area contributed by atoms with Crippen LogP contribution in [0.15, 0.2) is 60.4 Å². The third-order valence-electron chi connectivity index (χ3n) is 8.01. The summed E-state index contributed by atoms with van der Waals surface area (Å²) in [5.41, 5.74) is 7.01. The van der Waals surface area contributed by atoms with Crippen LogP contribution in [-0.4, -0.2) is 66.8 Å². The van der Waals surface area contributed by atoms with Gasteiger partial charge in [0.2, 0.25) is 5.95 Å². The predicted octanol–water partition coefficient (Wildman–Crippen LogP) is 3.56. The average Bonchev–Trinajstić information content (AvgIpc) is 3.00. The molecule has 0 saturated carbocycles. The molecule has 5 N–H and O–H groups in total. The number of aromatic nitrogens is 2. The second-order valence-corrected chi connectivity index (χ2v) is 10.8. The van der Waals surface area contributed by atoms with E-state index in [1.807, 2.05) is 25.4 Å². The Hall–Kier alpha value is -4.08. The van der Waals surface area contributed by atoms with Crippen molar-refractivity contribution in [3.8, 4) is 5.75 Å². The average molecular weight is 555 g/mol. The van der Waals surface area contributed by atoms with Crippen LogP contribution < -0.4 is 20.7 Å². The number of amides is 1. The number of carbonyl (C=O) groups excluding carboxylic acids is 1. The third-order valence-corrected chi connectivity index (χ3v) is 8.01. The highest BCUT2D eigenvalue weighted by molar-refractivity contribution is 6.23. The van der Waals surface area contributed by atoms with Gasteiger partial charge in [0.25, 0.3) is 5.91 Å². The number of rotatable bonds is 9. The van der Waals surface area contributed by atoms with Gasteiger partial charge >= 0.3 is 0 Å². The van der Waals surface area contributed by atoms with E-state index in [-0.39, 0.29) is 11.9 Å². The molecule has 1 amide bonds. The number of nitrogens with one attached hydrogen (secondary N) is 3. The molecular formula is C32H40N7O2+. The number of anilines is 2. The van der Waals surface area contributed by atoms with E-state index in [0.29, 0.717) is 35.1 Å². The zero-order valence-electron chi connectivity index (χ0n) is 24.2. The number of likely N-dealkylation sites (tertiary alicyclic amines) is 1. The summed E-state index contributed by atoms with van der Waals surface area (Å²) in [5.74, 6) is 0.870. The summed E-state index contributed by atoms with van der Waals surface area (Å²) >= 11 is 0. The lowest BCUT2D eigenvalue weighted by atomic mass is 9.88. The summed E-state index contributed by atoms with van der Waals surface area (Å²) in [6.07, 6.45) is 6.92. The van der Waals surface area contributed by atoms with E-state index < -0.39 is 0 Å². The number of allylic oxidation sites excluding steroid dienone is 2. The van der Waals surface area contributed by atoms with E-state index in [2.05, 4.69) is 57.1 Å². The van der Waals surface area contributed by atoms with E-state index in [4.69, 9.17) is 15.1 Å². The van der Waals surface area contributed by atoms with Crippen LogP contribution in [0.25, 0.3) is 5.57 Å². The highest BCUT2D eigenvalue weighted by atomic mass is 16.5. The van der Waals surface area contributed by atoms with Crippen molar-refractivity contribution in [1.29, 1.82) is 5.41 Å². The largest absolute Gasteiger partial charge is 0.495 e. The van der Waals surface area contributed by atoms with Crippen molar-refractivity contribution < 1.29 is 14.8 Å². The first-order valence-electron chi connectivity index (χ1n) is 14.4. The number of methoxy groups -OCH3 is 1. The molecule has 1 fully saturated rings. The lowest BCUT2D eigenvalue weighted by molar-refractivity contribution is -0.577. The van der Waals surface area contributed by atoms with Crippen LogP contribution in [0, 0.1) is 5.41 Å². The molecule has 1 saturated heterocycles. The second kappa shape index (κ2) is 13.1. The number of aryl methyl sites for hydroxylation is 2. The summed E-state index contributed by atoms with van der Waals surface area (Å²) in [6.45, 7) is 1.97. The molecule has 0 spiro atoms. The van der Waals surface area contributed by atoms with Crippen LogP contribution in [0.4, 0.5) is 11.6 Å². The van der Waals surface area contributed by atoms with Gasteiger partial charge in [0, 0.05) is 29.9 Å². The van der Waals surface area contributed by atoms with Gasteiger partial charge in [-0.25, -0.2) is 9.97 Å². The maximum atomic E-state index is 12.9. The molecule has 9 heteroatoms. The standard InChI is InChI=1S/C32H39N7O2/c1-34-27(13-9-21-7-5-4-6-8-21)29-25(33)12-10-23-20-35-32(38-30(23)29)37-26-14-11-22(19-28(26)41-3)31(40)36-24-15-17-39(2)18-16-24/h4-8,11,14,19-20,24,33-34H,9-10,12-13,15-18H2,1-3H3,(H,36,40)(H,35,37,38)/p+1. The fourth-order valence-electron chi connectivity index (χ4n) is 5.56. The molecule has 1 aromatic heterocycles. The van der Waals surface area contributed by atoms with Gasteiger partial charge in [0.1, 0.15) is 11.4 Å². The summed E-state index contributed by atoms with van der Waals surface area (Å²) in [5, 5.41) is 17.4. The minimum Gasteiger partial charge on any atom is -0.495 e. The Kier molecular flexibility index (Phi) is 9.06. The van der Waals surface area contributed by atoms with Crippen LogP contribution in [0.3, 0.4) is 0 Å². The van der Waals surface area contributed by atoms with E-state index >= 15 is 0 Å². The summed E-state index contributed by atoms with van der Waals surface area (Å²) in [7, 11) is 5.73. The number of ether oxygens (including phenoxy) is 1. The lowest BCUT2D eigenvalue weighted by Crippen LogP contribution is -2.78. The van der Waals surface area contributed by atoms with Crippen molar-refractivity contribution in [2.75, 3.05) is 39.6 Å². The summed E-state index contributed by atoms with van der Waals surface area (Å²) < 4.78 is 5.64. The molecule has 9 nitrogen and oxygen atoms in total. The van der Waals surface area contributed by atoms with Crippen LogP contribution in [0.1, 0.15) is 52.9 Å². The van der Waals surface area contributed by atoms with Crippen molar-refractivity contribution in [2.45, 2.75) is 44.6 Å². The molecule has 1 aliphatic heterocycles. The van der Waals surface area contributed by atoms with Gasteiger partial charge in [-0.15, -0.1) is 0 Å². The topological polar surface area (TPSA) is 120 Å². The van der Waals surface area contributed by atoms with Crippen LogP contribution in [0.2, 0.25) is 0 Å². The zero-order valence-corrected chi connectivity index (χ0v) is 24.2. The van der Waals surface area contributed by atoms with E-state index in [1.54, 1.807) is 19.2 Å². The Bertz CT molecular complexity index is 1430. The quantitative estimate of drug-likeness (QED) is 0.321. The van der Waals surface area contributed by atoms with Gasteiger partial charge in [-0.2, -0.15) is 0 Å². The third kappa shape index (κ3) is 6.81. The SMILES string of the molecule is C[NH2+]C(CCc1ccccc1)=C1C(=N)CCc2cnc(Nc3ccc(C(=O)NC4CCN(C)CC4)cc3OC)nc21. The van der Waals surface area contributed by atoms with E-state index in [9.17, 15) is 4.79 Å². The Morgan fingerprint density at radius 2 is 1.93 bits per heavy atom. The van der Waals surface area contributed by atoms with Gasteiger partial charge in [-0.1, -0.05) is 30.3 Å². The highest BCUT2D eigenvalue weighted by Crippen LogP contribution is 2.32. The molecule has 0 radical (unpaired) electrons. The number of hydrogen-bond acceptors (Lipinski definition) is 7. The predicted molar refractivity (Wildman–Crippen MR) is 162 cm³/mol. The molecule has 0 unspecified atom stereocenters. The number of nitrogens with two attached hydrogens (primary N) is 1.